The molecule has 1 amide bonds. The van der Waals surface area contributed by atoms with E-state index in [1.165, 1.54) is 0 Å². The van der Waals surface area contributed by atoms with Gasteiger partial charge in [-0.15, -0.1) is 0 Å². The maximum absolute atomic E-state index is 11.7. The Labute approximate surface area is 111 Å². The van der Waals surface area contributed by atoms with Gasteiger partial charge in [-0.1, -0.05) is 12.1 Å². The zero-order valence-corrected chi connectivity index (χ0v) is 11.0. The van der Waals surface area contributed by atoms with Crippen LogP contribution in [0, 0.1) is 6.92 Å². The minimum atomic E-state index is -1.05. The highest BCUT2D eigenvalue weighted by Gasteiger charge is 2.14. The van der Waals surface area contributed by atoms with E-state index in [-0.39, 0.29) is 18.0 Å². The standard InChI is InChI=1S/C13H18N2O4/c1-9-4-3-5-10(12(9)13(17)18)15-11(16)8-14-6-7-19-2/h3-5,14H,6-8H2,1-2H3,(H,15,16)(H,17,18). The quantitative estimate of drug-likeness (QED) is 0.637. The van der Waals surface area contributed by atoms with Crippen LogP contribution in [0.3, 0.4) is 0 Å². The van der Waals surface area contributed by atoms with Gasteiger partial charge in [0.15, 0.2) is 0 Å². The number of aryl methyl sites for hydroxylation is 1. The molecule has 0 saturated heterocycles. The molecule has 0 spiro atoms. The molecule has 0 aliphatic rings. The molecular weight excluding hydrogens is 248 g/mol. The van der Waals surface area contributed by atoms with Crippen LogP contribution in [-0.4, -0.2) is 43.8 Å². The normalized spacial score (nSPS) is 10.2. The van der Waals surface area contributed by atoms with Crippen molar-refractivity contribution >= 4 is 17.6 Å². The number of anilines is 1. The van der Waals surface area contributed by atoms with E-state index < -0.39 is 5.97 Å². The second-order valence-electron chi connectivity index (χ2n) is 4.02. The van der Waals surface area contributed by atoms with E-state index in [4.69, 9.17) is 9.84 Å². The summed E-state index contributed by atoms with van der Waals surface area (Å²) in [5, 5.41) is 14.6. The van der Waals surface area contributed by atoms with Crippen LogP contribution >= 0.6 is 0 Å². The molecule has 0 bridgehead atoms. The fourth-order valence-corrected chi connectivity index (χ4v) is 1.63. The van der Waals surface area contributed by atoms with Crippen LogP contribution in [0.2, 0.25) is 0 Å². The Morgan fingerprint density at radius 2 is 2.11 bits per heavy atom. The summed E-state index contributed by atoms with van der Waals surface area (Å²) in [5.41, 5.74) is 1.04. The Bertz CT molecular complexity index is 460. The molecule has 1 aromatic rings. The van der Waals surface area contributed by atoms with E-state index in [1.54, 1.807) is 32.2 Å². The fourth-order valence-electron chi connectivity index (χ4n) is 1.63. The summed E-state index contributed by atoms with van der Waals surface area (Å²) in [4.78, 5) is 22.8. The molecule has 0 saturated carbocycles. The summed E-state index contributed by atoms with van der Waals surface area (Å²) in [6.45, 7) is 2.87. The number of methoxy groups -OCH3 is 1. The van der Waals surface area contributed by atoms with Gasteiger partial charge in [0.05, 0.1) is 24.4 Å². The van der Waals surface area contributed by atoms with Gasteiger partial charge in [-0.05, 0) is 18.6 Å². The molecular formula is C13H18N2O4. The third-order valence-corrected chi connectivity index (χ3v) is 2.53. The molecule has 19 heavy (non-hydrogen) atoms. The molecule has 0 atom stereocenters. The molecule has 0 heterocycles. The highest BCUT2D eigenvalue weighted by molar-refractivity contribution is 6.02. The van der Waals surface area contributed by atoms with Gasteiger partial charge in [-0.3, -0.25) is 4.79 Å². The fraction of sp³-hybridized carbons (Fsp3) is 0.385. The monoisotopic (exact) mass is 266 g/mol. The lowest BCUT2D eigenvalue weighted by Gasteiger charge is -2.11. The summed E-state index contributed by atoms with van der Waals surface area (Å²) < 4.78 is 4.84. The number of aromatic carboxylic acids is 1. The van der Waals surface area contributed by atoms with Crippen molar-refractivity contribution < 1.29 is 19.4 Å². The summed E-state index contributed by atoms with van der Waals surface area (Å²) in [5.74, 6) is -1.34. The van der Waals surface area contributed by atoms with E-state index in [9.17, 15) is 9.59 Å². The second kappa shape index (κ2) is 7.50. The second-order valence-corrected chi connectivity index (χ2v) is 4.02. The number of carbonyl (C=O) groups excluding carboxylic acids is 1. The number of amides is 1. The van der Waals surface area contributed by atoms with Crippen molar-refractivity contribution in [1.29, 1.82) is 0 Å². The van der Waals surface area contributed by atoms with Crippen LogP contribution in [-0.2, 0) is 9.53 Å². The molecule has 1 rings (SSSR count). The largest absolute Gasteiger partial charge is 0.478 e. The van der Waals surface area contributed by atoms with Crippen molar-refractivity contribution in [2.45, 2.75) is 6.92 Å². The first-order chi connectivity index (χ1) is 9.06. The van der Waals surface area contributed by atoms with Gasteiger partial charge < -0.3 is 20.5 Å². The van der Waals surface area contributed by atoms with E-state index >= 15 is 0 Å². The number of carbonyl (C=O) groups is 2. The Morgan fingerprint density at radius 1 is 1.37 bits per heavy atom. The number of ether oxygens (including phenoxy) is 1. The molecule has 0 aromatic heterocycles. The molecule has 6 heteroatoms. The first-order valence-corrected chi connectivity index (χ1v) is 5.88. The van der Waals surface area contributed by atoms with Gasteiger partial charge >= 0.3 is 5.97 Å². The van der Waals surface area contributed by atoms with Crippen LogP contribution in [0.1, 0.15) is 15.9 Å². The average molecular weight is 266 g/mol. The number of benzene rings is 1. The van der Waals surface area contributed by atoms with Crippen molar-refractivity contribution in [1.82, 2.24) is 5.32 Å². The Kier molecular flexibility index (Phi) is 5.98. The first kappa shape index (κ1) is 15.1. The van der Waals surface area contributed by atoms with Crippen LogP contribution in [0.15, 0.2) is 18.2 Å². The van der Waals surface area contributed by atoms with E-state index in [0.717, 1.165) is 0 Å². The summed E-state index contributed by atoms with van der Waals surface area (Å²) >= 11 is 0. The highest BCUT2D eigenvalue weighted by atomic mass is 16.5. The Hall–Kier alpha value is -1.92. The molecule has 6 nitrogen and oxygen atoms in total. The zero-order valence-electron chi connectivity index (χ0n) is 11.0. The van der Waals surface area contributed by atoms with Crippen molar-refractivity contribution in [3.8, 4) is 0 Å². The van der Waals surface area contributed by atoms with E-state index in [2.05, 4.69) is 10.6 Å². The molecule has 0 aliphatic carbocycles. The van der Waals surface area contributed by atoms with Gasteiger partial charge in [0, 0.05) is 13.7 Å². The predicted molar refractivity (Wildman–Crippen MR) is 71.5 cm³/mol. The average Bonchev–Trinajstić information content (AvgIpc) is 2.34. The third kappa shape index (κ3) is 4.69. The SMILES string of the molecule is COCCNCC(=O)Nc1cccc(C)c1C(=O)O. The molecule has 104 valence electrons. The van der Waals surface area contributed by atoms with Gasteiger partial charge in [0.1, 0.15) is 0 Å². The third-order valence-electron chi connectivity index (χ3n) is 2.53. The lowest BCUT2D eigenvalue weighted by Crippen LogP contribution is -2.30. The van der Waals surface area contributed by atoms with E-state index in [1.807, 2.05) is 0 Å². The van der Waals surface area contributed by atoms with Crippen LogP contribution in [0.25, 0.3) is 0 Å². The number of carboxylic acids is 1. The smallest absolute Gasteiger partial charge is 0.338 e. The molecule has 0 fully saturated rings. The van der Waals surface area contributed by atoms with Crippen molar-refractivity contribution in [2.75, 3.05) is 32.1 Å². The number of rotatable bonds is 7. The number of carboxylic acid groups (broad SMARTS) is 1. The summed E-state index contributed by atoms with van der Waals surface area (Å²) in [6.07, 6.45) is 0. The Morgan fingerprint density at radius 3 is 2.74 bits per heavy atom. The number of hydrogen-bond acceptors (Lipinski definition) is 4. The molecule has 0 aliphatic heterocycles. The molecule has 1 aromatic carbocycles. The van der Waals surface area contributed by atoms with Crippen molar-refractivity contribution in [2.24, 2.45) is 0 Å². The first-order valence-electron chi connectivity index (χ1n) is 5.88. The van der Waals surface area contributed by atoms with Crippen molar-refractivity contribution in [3.05, 3.63) is 29.3 Å². The molecule has 0 unspecified atom stereocenters. The number of nitrogens with one attached hydrogen (secondary N) is 2. The van der Waals surface area contributed by atoms with Crippen molar-refractivity contribution in [3.63, 3.8) is 0 Å². The van der Waals surface area contributed by atoms with Gasteiger partial charge in [0.25, 0.3) is 0 Å². The lowest BCUT2D eigenvalue weighted by molar-refractivity contribution is -0.115. The maximum Gasteiger partial charge on any atom is 0.338 e. The molecule has 0 radical (unpaired) electrons. The van der Waals surface area contributed by atoms with Crippen LogP contribution < -0.4 is 10.6 Å². The van der Waals surface area contributed by atoms with E-state index in [0.29, 0.717) is 24.4 Å². The Balaban J connectivity index is 2.64. The predicted octanol–water partition coefficient (Wildman–Crippen LogP) is 0.868. The van der Waals surface area contributed by atoms with Crippen LogP contribution in [0.4, 0.5) is 5.69 Å². The highest BCUT2D eigenvalue weighted by Crippen LogP contribution is 2.19. The lowest BCUT2D eigenvalue weighted by atomic mass is 10.1. The summed E-state index contributed by atoms with van der Waals surface area (Å²) in [6, 6.07) is 4.97. The summed E-state index contributed by atoms with van der Waals surface area (Å²) in [7, 11) is 1.58. The van der Waals surface area contributed by atoms with Gasteiger partial charge in [-0.25, -0.2) is 4.79 Å². The molecule has 3 N–H and O–H groups in total. The minimum absolute atomic E-state index is 0.108. The van der Waals surface area contributed by atoms with Crippen LogP contribution in [0.5, 0.6) is 0 Å². The minimum Gasteiger partial charge on any atom is -0.478 e. The topological polar surface area (TPSA) is 87.7 Å². The maximum atomic E-state index is 11.7. The zero-order chi connectivity index (χ0) is 14.3. The van der Waals surface area contributed by atoms with Gasteiger partial charge in [-0.2, -0.15) is 0 Å². The number of hydrogen-bond donors (Lipinski definition) is 3. The van der Waals surface area contributed by atoms with Gasteiger partial charge in [0.2, 0.25) is 5.91 Å².